The highest BCUT2D eigenvalue weighted by Crippen LogP contribution is 2.44. The number of nitrogens with zero attached hydrogens (tertiary/aromatic N) is 10. The number of sulfonamides is 5. The molecule has 0 bridgehead atoms. The van der Waals surface area contributed by atoms with Gasteiger partial charge in [-0.05, 0) is 296 Å². The van der Waals surface area contributed by atoms with Gasteiger partial charge in [0.2, 0.25) is 50.1 Å². The molecule has 0 radical (unpaired) electrons. The summed E-state index contributed by atoms with van der Waals surface area (Å²) in [5.41, 5.74) is 14.7. The number of carbonyl (C=O) groups excluding carboxylic acids is 5. The Morgan fingerprint density at radius 1 is 0.318 bits per heavy atom. The lowest BCUT2D eigenvalue weighted by Gasteiger charge is -2.40. The zero-order valence-corrected chi connectivity index (χ0v) is 94.8. The van der Waals surface area contributed by atoms with Gasteiger partial charge in [-0.15, -0.1) is 0 Å². The first-order chi connectivity index (χ1) is 70.3. The minimum absolute atomic E-state index is 0.0464. The summed E-state index contributed by atoms with van der Waals surface area (Å²) < 4.78 is 201. The van der Waals surface area contributed by atoms with Crippen molar-refractivity contribution in [2.75, 3.05) is 97.1 Å². The van der Waals surface area contributed by atoms with Crippen molar-refractivity contribution in [1.82, 2.24) is 21.5 Å². The van der Waals surface area contributed by atoms with Gasteiger partial charge in [-0.3, -0.25) is 24.5 Å². The highest BCUT2D eigenvalue weighted by Gasteiger charge is 2.45. The second-order valence-electron chi connectivity index (χ2n) is 37.6. The molecular formula is C104H110Br5ClF2N10O21S5. The van der Waals surface area contributed by atoms with Crippen LogP contribution in [0.2, 0.25) is 5.02 Å². The van der Waals surface area contributed by atoms with E-state index in [1.807, 2.05) is 138 Å². The summed E-state index contributed by atoms with van der Waals surface area (Å²) in [6.45, 7) is 18.3. The monoisotopic (exact) mass is 2460 g/mol. The fourth-order valence-corrected chi connectivity index (χ4v) is 30.4. The summed E-state index contributed by atoms with van der Waals surface area (Å²) in [5, 5.41) is -0.236. The largest absolute Gasteiger partial charge is 0.497 e. The number of benzene rings is 10. The normalized spacial score (nSPS) is 18.3. The molecule has 44 heteroatoms. The van der Waals surface area contributed by atoms with Gasteiger partial charge in [0.25, 0.3) is 0 Å². The maximum absolute atomic E-state index is 13.6. The number of ether oxygens (including phenoxy) is 6. The Morgan fingerprint density at radius 3 is 0.838 bits per heavy atom. The Labute approximate surface area is 908 Å². The molecule has 5 fully saturated rings. The van der Waals surface area contributed by atoms with Crippen molar-refractivity contribution in [1.29, 1.82) is 0 Å². The lowest BCUT2D eigenvalue weighted by molar-refractivity contribution is 0.135. The molecule has 0 spiro atoms. The molecule has 0 unspecified atom stereocenters. The van der Waals surface area contributed by atoms with Crippen LogP contribution < -0.4 is 29.2 Å². The number of halogens is 8. The van der Waals surface area contributed by atoms with Gasteiger partial charge < -0.3 is 28.4 Å². The van der Waals surface area contributed by atoms with Crippen LogP contribution >= 0.6 is 91.3 Å². The van der Waals surface area contributed by atoms with Gasteiger partial charge in [0.1, 0.15) is 50.4 Å². The van der Waals surface area contributed by atoms with E-state index in [9.17, 15) is 74.8 Å². The van der Waals surface area contributed by atoms with Crippen molar-refractivity contribution in [2.24, 2.45) is 0 Å². The molecule has 0 atom stereocenters. The average molecular weight is 2470 g/mol. The second-order valence-corrected chi connectivity index (χ2v) is 52.2. The number of cyclic esters (lactones) is 5. The zero-order chi connectivity index (χ0) is 106. The SMILES string of the molecule is CC(C)c1ccc(S(=O)(=O)N2CCC(N3C(=O)OCc4cc(Br)ccc43)CC2)cc1.COc1cccc(S(=O)(=O)N2CCC(N3C(=O)OCc4cc(Br)ccc43)CC2)c1.Cc1c(C)c(C)c(S(=O)(=O)N2CCC(N3C(=O)OCc4cc(Br)ccc43)CC2)c(C)c1C.O=C1OCc2cc(Br)ccc2N1C1CCN(S(=O)(=O)c2ccc(F)c(Cl)c2)CC1.O=C1OCc2cc(Br)ccc2N1C1CCN(S(=O)(=O)c2ccc(F)cc2)CC1. The lowest BCUT2D eigenvalue weighted by Crippen LogP contribution is -2.50. The topological polar surface area (TPSA) is 344 Å². The predicted molar refractivity (Wildman–Crippen MR) is 574 cm³/mol. The van der Waals surface area contributed by atoms with Gasteiger partial charge in [0.15, 0.2) is 0 Å². The zero-order valence-electron chi connectivity index (χ0n) is 82.1. The summed E-state index contributed by atoms with van der Waals surface area (Å²) in [7, 11) is -16.8. The van der Waals surface area contributed by atoms with E-state index in [1.165, 1.54) is 48.6 Å². The third-order valence-electron chi connectivity index (χ3n) is 28.6. The summed E-state index contributed by atoms with van der Waals surface area (Å²) in [6.07, 6.45) is 3.28. The highest BCUT2D eigenvalue weighted by atomic mass is 79.9. The molecule has 31 nitrogen and oxygen atoms in total. The third kappa shape index (κ3) is 23.9. The first-order valence-corrected chi connectivity index (χ1v) is 59.6. The summed E-state index contributed by atoms with van der Waals surface area (Å²) >= 11 is 22.9. The van der Waals surface area contributed by atoms with Crippen LogP contribution in [-0.2, 0) is 107 Å². The minimum Gasteiger partial charge on any atom is -0.497 e. The number of carbonyl (C=O) groups is 5. The molecule has 0 aliphatic carbocycles. The summed E-state index contributed by atoms with van der Waals surface area (Å²) in [5.74, 6) is -0.296. The number of anilines is 5. The number of fused-ring (bicyclic) bond motifs is 5. The van der Waals surface area contributed by atoms with Crippen molar-refractivity contribution in [3.8, 4) is 5.75 Å². The first kappa shape index (κ1) is 111. The van der Waals surface area contributed by atoms with Gasteiger partial charge in [0, 0.05) is 152 Å². The van der Waals surface area contributed by atoms with Crippen molar-refractivity contribution in [2.45, 2.75) is 206 Å². The molecule has 10 aromatic carbocycles. The summed E-state index contributed by atoms with van der Waals surface area (Å²) in [6, 6.07) is 49.8. The number of hydrogen-bond acceptors (Lipinski definition) is 21. The average Bonchev–Trinajstić information content (AvgIpc) is 0.746. The molecule has 5 saturated heterocycles. The van der Waals surface area contributed by atoms with Crippen molar-refractivity contribution >= 4 is 200 Å². The molecule has 0 aromatic heterocycles. The van der Waals surface area contributed by atoms with E-state index in [0.717, 1.165) is 136 Å². The van der Waals surface area contributed by atoms with Crippen LogP contribution in [0.25, 0.3) is 0 Å². The first-order valence-electron chi connectivity index (χ1n) is 48.1. The smallest absolute Gasteiger partial charge is 0.414 e. The van der Waals surface area contributed by atoms with Gasteiger partial charge in [0.05, 0.1) is 65.0 Å². The molecule has 148 heavy (non-hydrogen) atoms. The van der Waals surface area contributed by atoms with E-state index in [-0.39, 0.29) is 127 Å². The van der Waals surface area contributed by atoms with Crippen molar-refractivity contribution < 1.29 is 103 Å². The summed E-state index contributed by atoms with van der Waals surface area (Å²) in [4.78, 5) is 71.6. The van der Waals surface area contributed by atoms with Crippen LogP contribution in [0.15, 0.2) is 229 Å². The van der Waals surface area contributed by atoms with Crippen LogP contribution in [-0.4, -0.2) is 197 Å². The number of hydrogen-bond donors (Lipinski definition) is 0. The molecule has 10 heterocycles. The van der Waals surface area contributed by atoms with Crippen LogP contribution in [0, 0.1) is 46.3 Å². The molecule has 10 aromatic rings. The van der Waals surface area contributed by atoms with Gasteiger partial charge in [-0.1, -0.05) is 123 Å². The lowest BCUT2D eigenvalue weighted by atomic mass is 9.95. The Hall–Kier alpha value is -9.55. The molecule has 5 amide bonds. The second kappa shape index (κ2) is 46.6. The number of methoxy groups -OCH3 is 1. The molecule has 10 aliphatic heterocycles. The van der Waals surface area contributed by atoms with Gasteiger partial charge in [-0.2, -0.15) is 21.5 Å². The van der Waals surface area contributed by atoms with Crippen LogP contribution in [0.4, 0.5) is 61.2 Å². The van der Waals surface area contributed by atoms with Crippen LogP contribution in [0.1, 0.15) is 145 Å². The maximum atomic E-state index is 13.6. The van der Waals surface area contributed by atoms with Crippen molar-refractivity contribution in [3.63, 3.8) is 0 Å². The Morgan fingerprint density at radius 2 is 0.568 bits per heavy atom. The van der Waals surface area contributed by atoms with E-state index < -0.39 is 73.9 Å². The van der Waals surface area contributed by atoms with E-state index in [4.69, 9.17) is 40.0 Å². The number of rotatable bonds is 17. The molecule has 20 rings (SSSR count). The van der Waals surface area contributed by atoms with E-state index >= 15 is 0 Å². The molecule has 10 aliphatic rings. The van der Waals surface area contributed by atoms with E-state index in [1.54, 1.807) is 59.1 Å². The van der Waals surface area contributed by atoms with E-state index in [2.05, 4.69) is 93.5 Å². The fourth-order valence-electron chi connectivity index (χ4n) is 20.1. The molecule has 788 valence electrons. The van der Waals surface area contributed by atoms with Crippen molar-refractivity contribution in [3.05, 3.63) is 282 Å². The standard InChI is InChI=1S/C24H29BrN2O4S.C22H25BrN2O4S.C20H21BrN2O5S.C19H17BrClFN2O4S.C19H18BrFN2O4S/c1-14-15(2)17(4)23(18(5)16(14)3)32(29,30)26-10-8-21(9-11-26)27-22-7-6-20(25)12-19(22)13-31-24(27)28;1-15(2)16-3-6-20(7-4-16)30(27,28)24-11-9-19(10-12-24)25-21-8-5-18(23)13-17(21)14-29-22(25)26;1-27-17-3-2-4-18(12-17)29(25,26)22-9-7-16(8-10-22)23-19-6-5-15(21)11-14(19)13-28-20(23)24;20-13-1-4-18-12(9-13)11-28-19(25)24(18)14-5-7-23(8-6-14)29(26,27)15-2-3-17(22)16(21)10-15;20-14-1-6-18-13(11-14)12-27-19(24)23(18)16-7-9-22(10-8-16)28(25,26)17-4-2-15(21)3-5-17/h6-7,12,21H,8-11,13H2,1-5H3;3-8,13,15,19H,9-12,14H2,1-2H3;2-6,11-12,16H,7-10,13H2,1H3;1-4,9-10,14H,5-8,11H2;1-6,11,16H,7-10,12H2. The molecular weight excluding hydrogens is 2360 g/mol. The maximum Gasteiger partial charge on any atom is 0.414 e. The Bertz CT molecular complexity index is 7340. The third-order valence-corrected chi connectivity index (χ3v) is 41.1. The van der Waals surface area contributed by atoms with Gasteiger partial charge in [-0.25, -0.2) is 74.8 Å². The molecule has 0 N–H and O–H groups in total. The predicted octanol–water partition coefficient (Wildman–Crippen LogP) is 22.4. The Balaban J connectivity index is 0.000000132. The van der Waals surface area contributed by atoms with Crippen LogP contribution in [0.5, 0.6) is 5.75 Å². The van der Waals surface area contributed by atoms with Crippen LogP contribution in [0.3, 0.4) is 0 Å². The quantitative estimate of drug-likeness (QED) is 0.0764. The number of amides is 5. The fraction of sp³-hybridized carbons (Fsp3) is 0.375. The highest BCUT2D eigenvalue weighted by molar-refractivity contribution is 9.11. The minimum atomic E-state index is -3.79. The number of piperidine rings is 5. The Kier molecular flexibility index (Phi) is 34.9. The van der Waals surface area contributed by atoms with E-state index in [0.29, 0.717) is 125 Å². The molecule has 0 saturated carbocycles. The van der Waals surface area contributed by atoms with Gasteiger partial charge >= 0.3 is 30.5 Å².